The molecule has 0 aromatic carbocycles. The molecule has 2 heterocycles. The van der Waals surface area contributed by atoms with E-state index in [4.69, 9.17) is 4.42 Å². The van der Waals surface area contributed by atoms with Gasteiger partial charge < -0.3 is 9.32 Å². The molecule has 0 atom stereocenters. The normalized spacial score (nSPS) is 14.6. The third-order valence-corrected chi connectivity index (χ3v) is 3.45. The predicted octanol–water partition coefficient (Wildman–Crippen LogP) is 2.13. The molecule has 5 heteroatoms. The fourth-order valence-corrected chi connectivity index (χ4v) is 2.26. The van der Waals surface area contributed by atoms with E-state index in [1.165, 1.54) is 0 Å². The topological polar surface area (TPSA) is 51.3 Å². The van der Waals surface area contributed by atoms with Gasteiger partial charge in [-0.05, 0) is 25.8 Å². The van der Waals surface area contributed by atoms with Gasteiger partial charge in [-0.25, -0.2) is 0 Å². The van der Waals surface area contributed by atoms with Crippen molar-refractivity contribution in [3.63, 3.8) is 0 Å². The van der Waals surface area contributed by atoms with Gasteiger partial charge in [-0.2, -0.15) is 5.10 Å². The molecular formula is C14H17N3O2. The standard InChI is InChI=1S/C14H17N3O2/c1-10-13(5-6-19-10)14(18)17(12-3-4-12)9-11-7-15-16(2)8-11/h5-8,12H,3-4,9H2,1-2H3. The Bertz CT molecular complexity index is 595. The molecule has 19 heavy (non-hydrogen) atoms. The molecule has 100 valence electrons. The van der Waals surface area contributed by atoms with E-state index < -0.39 is 0 Å². The number of hydrogen-bond donors (Lipinski definition) is 0. The molecule has 5 nitrogen and oxygen atoms in total. The molecule has 1 fully saturated rings. The van der Waals surface area contributed by atoms with Crippen LogP contribution in [0.5, 0.6) is 0 Å². The Morgan fingerprint density at radius 1 is 1.58 bits per heavy atom. The summed E-state index contributed by atoms with van der Waals surface area (Å²) < 4.78 is 6.98. The summed E-state index contributed by atoms with van der Waals surface area (Å²) in [6.07, 6.45) is 7.50. The fourth-order valence-electron chi connectivity index (χ4n) is 2.26. The Balaban J connectivity index is 1.81. The molecule has 1 amide bonds. The maximum atomic E-state index is 12.6. The lowest BCUT2D eigenvalue weighted by Gasteiger charge is -2.21. The summed E-state index contributed by atoms with van der Waals surface area (Å²) in [6, 6.07) is 2.11. The first-order valence-corrected chi connectivity index (χ1v) is 6.48. The van der Waals surface area contributed by atoms with Gasteiger partial charge in [0.25, 0.3) is 5.91 Å². The minimum absolute atomic E-state index is 0.0533. The van der Waals surface area contributed by atoms with E-state index in [0.717, 1.165) is 18.4 Å². The highest BCUT2D eigenvalue weighted by molar-refractivity contribution is 5.95. The number of nitrogens with zero attached hydrogens (tertiary/aromatic N) is 3. The van der Waals surface area contributed by atoms with Gasteiger partial charge in [0.05, 0.1) is 18.0 Å². The van der Waals surface area contributed by atoms with E-state index in [-0.39, 0.29) is 5.91 Å². The maximum absolute atomic E-state index is 12.6. The monoisotopic (exact) mass is 259 g/mol. The highest BCUT2D eigenvalue weighted by Crippen LogP contribution is 2.30. The number of carbonyl (C=O) groups is 1. The van der Waals surface area contributed by atoms with Crippen molar-refractivity contribution in [3.8, 4) is 0 Å². The first-order valence-electron chi connectivity index (χ1n) is 6.48. The van der Waals surface area contributed by atoms with Crippen molar-refractivity contribution in [2.24, 2.45) is 7.05 Å². The fraction of sp³-hybridized carbons (Fsp3) is 0.429. The zero-order valence-electron chi connectivity index (χ0n) is 11.2. The van der Waals surface area contributed by atoms with Crippen molar-refractivity contribution in [1.29, 1.82) is 0 Å². The third kappa shape index (κ3) is 2.41. The van der Waals surface area contributed by atoms with Crippen molar-refractivity contribution in [1.82, 2.24) is 14.7 Å². The molecule has 0 spiro atoms. The number of aromatic nitrogens is 2. The number of aryl methyl sites for hydroxylation is 2. The lowest BCUT2D eigenvalue weighted by atomic mass is 10.2. The average molecular weight is 259 g/mol. The van der Waals surface area contributed by atoms with Gasteiger partial charge in [0.1, 0.15) is 5.76 Å². The van der Waals surface area contributed by atoms with Crippen molar-refractivity contribution < 1.29 is 9.21 Å². The average Bonchev–Trinajstić information content (AvgIpc) is 3.01. The number of amides is 1. The summed E-state index contributed by atoms with van der Waals surface area (Å²) >= 11 is 0. The van der Waals surface area contributed by atoms with Gasteiger partial charge in [0.2, 0.25) is 0 Å². The Morgan fingerprint density at radius 3 is 2.89 bits per heavy atom. The van der Waals surface area contributed by atoms with Crippen LogP contribution >= 0.6 is 0 Å². The summed E-state index contributed by atoms with van der Waals surface area (Å²) in [5, 5.41) is 4.15. The Kier molecular flexibility index (Phi) is 2.89. The molecule has 3 rings (SSSR count). The Hall–Kier alpha value is -2.04. The van der Waals surface area contributed by atoms with Crippen LogP contribution in [-0.2, 0) is 13.6 Å². The predicted molar refractivity (Wildman–Crippen MR) is 69.5 cm³/mol. The van der Waals surface area contributed by atoms with Crippen LogP contribution in [0.25, 0.3) is 0 Å². The van der Waals surface area contributed by atoms with Gasteiger partial charge in [-0.15, -0.1) is 0 Å². The van der Waals surface area contributed by atoms with E-state index in [2.05, 4.69) is 5.10 Å². The minimum atomic E-state index is 0.0533. The molecule has 2 aromatic rings. The third-order valence-electron chi connectivity index (χ3n) is 3.45. The molecule has 0 aliphatic heterocycles. The molecule has 0 bridgehead atoms. The summed E-state index contributed by atoms with van der Waals surface area (Å²) in [7, 11) is 1.88. The second kappa shape index (κ2) is 4.57. The van der Waals surface area contributed by atoms with Gasteiger partial charge in [0, 0.05) is 31.4 Å². The summed E-state index contributed by atoms with van der Waals surface area (Å²) in [6.45, 7) is 2.43. The maximum Gasteiger partial charge on any atom is 0.257 e. The van der Waals surface area contributed by atoms with Gasteiger partial charge in [0.15, 0.2) is 0 Å². The first-order chi connectivity index (χ1) is 9.15. The van der Waals surface area contributed by atoms with Crippen LogP contribution in [0.1, 0.15) is 34.5 Å². The van der Waals surface area contributed by atoms with Crippen LogP contribution < -0.4 is 0 Å². The lowest BCUT2D eigenvalue weighted by molar-refractivity contribution is 0.0728. The van der Waals surface area contributed by atoms with Crippen molar-refractivity contribution in [3.05, 3.63) is 41.6 Å². The van der Waals surface area contributed by atoms with E-state index >= 15 is 0 Å². The molecule has 1 aliphatic carbocycles. The molecule has 1 saturated carbocycles. The molecule has 0 N–H and O–H groups in total. The molecule has 0 saturated heterocycles. The minimum Gasteiger partial charge on any atom is -0.469 e. The largest absolute Gasteiger partial charge is 0.469 e. The van der Waals surface area contributed by atoms with Gasteiger partial charge in [-0.3, -0.25) is 9.48 Å². The highest BCUT2D eigenvalue weighted by Gasteiger charge is 2.34. The van der Waals surface area contributed by atoms with Crippen LogP contribution in [0.2, 0.25) is 0 Å². The zero-order chi connectivity index (χ0) is 13.4. The van der Waals surface area contributed by atoms with E-state index in [1.807, 2.05) is 31.3 Å². The van der Waals surface area contributed by atoms with Crippen LogP contribution in [0.15, 0.2) is 29.1 Å². The van der Waals surface area contributed by atoms with Gasteiger partial charge >= 0.3 is 0 Å². The number of hydrogen-bond acceptors (Lipinski definition) is 3. The van der Waals surface area contributed by atoms with Crippen LogP contribution in [0.3, 0.4) is 0 Å². The van der Waals surface area contributed by atoms with Crippen LogP contribution in [-0.4, -0.2) is 26.6 Å². The Labute approximate surface area is 111 Å². The quantitative estimate of drug-likeness (QED) is 0.845. The highest BCUT2D eigenvalue weighted by atomic mass is 16.3. The van der Waals surface area contributed by atoms with Gasteiger partial charge in [-0.1, -0.05) is 0 Å². The second-order valence-corrected chi connectivity index (χ2v) is 5.08. The summed E-state index contributed by atoms with van der Waals surface area (Å²) in [5.41, 5.74) is 1.72. The summed E-state index contributed by atoms with van der Waals surface area (Å²) in [4.78, 5) is 14.5. The van der Waals surface area contributed by atoms with Crippen LogP contribution in [0.4, 0.5) is 0 Å². The number of furan rings is 1. The molecule has 0 radical (unpaired) electrons. The molecule has 0 unspecified atom stereocenters. The summed E-state index contributed by atoms with van der Waals surface area (Å²) in [5.74, 6) is 0.736. The zero-order valence-corrected chi connectivity index (χ0v) is 11.2. The smallest absolute Gasteiger partial charge is 0.257 e. The first kappa shape index (κ1) is 12.0. The molecular weight excluding hydrogens is 242 g/mol. The van der Waals surface area contributed by atoms with Crippen molar-refractivity contribution in [2.75, 3.05) is 0 Å². The van der Waals surface area contributed by atoms with E-state index in [0.29, 0.717) is 23.9 Å². The lowest BCUT2D eigenvalue weighted by Crippen LogP contribution is -2.32. The van der Waals surface area contributed by atoms with Crippen LogP contribution in [0, 0.1) is 6.92 Å². The van der Waals surface area contributed by atoms with Crippen molar-refractivity contribution in [2.45, 2.75) is 32.4 Å². The number of rotatable bonds is 4. The SMILES string of the molecule is Cc1occc1C(=O)N(Cc1cnn(C)c1)C1CC1. The van der Waals surface area contributed by atoms with E-state index in [1.54, 1.807) is 17.0 Å². The van der Waals surface area contributed by atoms with E-state index in [9.17, 15) is 4.79 Å². The van der Waals surface area contributed by atoms with Crippen molar-refractivity contribution >= 4 is 5.91 Å². The Morgan fingerprint density at radius 2 is 2.37 bits per heavy atom. The molecule has 2 aromatic heterocycles. The number of carbonyl (C=O) groups excluding carboxylic acids is 1. The second-order valence-electron chi connectivity index (χ2n) is 5.08. The molecule has 1 aliphatic rings.